The third-order valence-corrected chi connectivity index (χ3v) is 1.23. The van der Waals surface area contributed by atoms with E-state index in [9.17, 15) is 0 Å². The van der Waals surface area contributed by atoms with E-state index in [4.69, 9.17) is 4.74 Å². The molecule has 0 spiro atoms. The van der Waals surface area contributed by atoms with Crippen LogP contribution in [-0.4, -0.2) is 12.7 Å². The van der Waals surface area contributed by atoms with Crippen molar-refractivity contribution >= 4 is 0 Å². The quantitative estimate of drug-likeness (QED) is 0.444. The van der Waals surface area contributed by atoms with Gasteiger partial charge in [0.05, 0.1) is 6.61 Å². The van der Waals surface area contributed by atoms with Crippen LogP contribution >= 0.6 is 0 Å². The van der Waals surface area contributed by atoms with E-state index in [-0.39, 0.29) is 6.10 Å². The first-order chi connectivity index (χ1) is 4.29. The minimum absolute atomic E-state index is 0.257. The van der Waals surface area contributed by atoms with Gasteiger partial charge in [0.2, 0.25) is 0 Å². The first-order valence-electron chi connectivity index (χ1n) is 3.41. The van der Waals surface area contributed by atoms with Crippen molar-refractivity contribution in [2.45, 2.75) is 26.4 Å². The van der Waals surface area contributed by atoms with Crippen molar-refractivity contribution < 1.29 is 4.74 Å². The summed E-state index contributed by atoms with van der Waals surface area (Å²) in [5.74, 6) is 6.60. The first kappa shape index (κ1) is 6.64. The molecule has 9 heavy (non-hydrogen) atoms. The molecule has 1 rings (SSSR count). The van der Waals surface area contributed by atoms with Crippen molar-refractivity contribution in [1.29, 1.82) is 0 Å². The molecule has 1 atom stereocenters. The number of hydrogen-bond acceptors (Lipinski definition) is 1. The molecule has 0 aromatic heterocycles. The van der Waals surface area contributed by atoms with E-state index in [1.807, 2.05) is 0 Å². The van der Waals surface area contributed by atoms with E-state index >= 15 is 0 Å². The largest absolute Gasteiger partial charge is 0.365 e. The van der Waals surface area contributed by atoms with E-state index in [0.29, 0.717) is 5.92 Å². The van der Waals surface area contributed by atoms with Crippen LogP contribution in [0.5, 0.6) is 0 Å². The maximum Gasteiger partial charge on any atom is 0.120 e. The summed E-state index contributed by atoms with van der Waals surface area (Å²) in [6, 6.07) is 0. The topological polar surface area (TPSA) is 9.23 Å². The maximum absolute atomic E-state index is 5.11. The highest BCUT2D eigenvalue weighted by Gasteiger charge is 2.13. The fourth-order valence-electron chi connectivity index (χ4n) is 0.609. The second-order valence-corrected chi connectivity index (χ2v) is 2.59. The van der Waals surface area contributed by atoms with Gasteiger partial charge in [0.1, 0.15) is 6.10 Å². The van der Waals surface area contributed by atoms with Crippen LogP contribution in [0, 0.1) is 17.8 Å². The molecule has 1 aliphatic rings. The molecule has 0 saturated carbocycles. The molecule has 1 nitrogen and oxygen atoms in total. The van der Waals surface area contributed by atoms with Gasteiger partial charge in [-0.25, -0.2) is 0 Å². The molecule has 1 aliphatic heterocycles. The Morgan fingerprint density at radius 3 is 2.56 bits per heavy atom. The fourth-order valence-corrected chi connectivity index (χ4v) is 0.609. The Kier molecular flexibility index (Phi) is 2.13. The molecule has 1 heterocycles. The van der Waals surface area contributed by atoms with Crippen molar-refractivity contribution in [1.82, 2.24) is 0 Å². The minimum atomic E-state index is 0.257. The lowest BCUT2D eigenvalue weighted by Gasteiger charge is -2.20. The Bertz CT molecular complexity index is 134. The van der Waals surface area contributed by atoms with E-state index in [0.717, 1.165) is 13.0 Å². The maximum atomic E-state index is 5.11. The van der Waals surface area contributed by atoms with Gasteiger partial charge in [-0.2, -0.15) is 0 Å². The molecule has 0 N–H and O–H groups in total. The van der Waals surface area contributed by atoms with Crippen molar-refractivity contribution in [2.75, 3.05) is 6.61 Å². The summed E-state index contributed by atoms with van der Waals surface area (Å²) in [5.41, 5.74) is 0. The summed E-state index contributed by atoms with van der Waals surface area (Å²) in [6.45, 7) is 5.08. The summed E-state index contributed by atoms with van der Waals surface area (Å²) in [4.78, 5) is 0. The van der Waals surface area contributed by atoms with Gasteiger partial charge in [0.25, 0.3) is 0 Å². The number of rotatable bonds is 0. The van der Waals surface area contributed by atoms with Crippen LogP contribution in [0.1, 0.15) is 20.3 Å². The van der Waals surface area contributed by atoms with E-state index in [1.54, 1.807) is 0 Å². The van der Waals surface area contributed by atoms with E-state index in [1.165, 1.54) is 0 Å². The zero-order valence-electron chi connectivity index (χ0n) is 5.98. The number of hydrogen-bond donors (Lipinski definition) is 0. The minimum Gasteiger partial charge on any atom is -0.365 e. The third-order valence-electron chi connectivity index (χ3n) is 1.23. The van der Waals surface area contributed by atoms with Gasteiger partial charge in [0.15, 0.2) is 0 Å². The molecule has 0 aromatic rings. The summed E-state index contributed by atoms with van der Waals surface area (Å²) in [6.07, 6.45) is 1.38. The zero-order chi connectivity index (χ0) is 6.69. The molecular weight excluding hydrogens is 112 g/mol. The van der Waals surface area contributed by atoms with Crippen molar-refractivity contribution in [3.63, 3.8) is 0 Å². The van der Waals surface area contributed by atoms with Crippen molar-refractivity contribution in [3.05, 3.63) is 0 Å². The normalized spacial score (nSPS) is 24.6. The smallest absolute Gasteiger partial charge is 0.120 e. The monoisotopic (exact) mass is 124 g/mol. The summed E-state index contributed by atoms with van der Waals surface area (Å²) in [7, 11) is 0. The molecule has 0 aliphatic carbocycles. The fraction of sp³-hybridized carbons (Fsp3) is 0.750. The average molecular weight is 124 g/mol. The Balaban J connectivity index is 2.23. The lowest BCUT2D eigenvalue weighted by Crippen LogP contribution is -2.24. The van der Waals surface area contributed by atoms with E-state index in [2.05, 4.69) is 25.7 Å². The number of ether oxygens (including phenoxy) is 1. The molecule has 0 bridgehead atoms. The van der Waals surface area contributed by atoms with Crippen LogP contribution in [0.25, 0.3) is 0 Å². The zero-order valence-corrected chi connectivity index (χ0v) is 5.98. The highest BCUT2D eigenvalue weighted by atomic mass is 16.5. The predicted octanol–water partition coefficient (Wildman–Crippen LogP) is 1.43. The standard InChI is InChI=1S/C8H12O/c1-7(2)3-4-8-5-6-9-8/h7-8H,5-6H2,1-2H3. The summed E-state index contributed by atoms with van der Waals surface area (Å²) >= 11 is 0. The molecular formula is C8H12O. The highest BCUT2D eigenvalue weighted by Crippen LogP contribution is 2.08. The Labute approximate surface area is 56.4 Å². The van der Waals surface area contributed by atoms with Crippen LogP contribution in [0.4, 0.5) is 0 Å². The lowest BCUT2D eigenvalue weighted by molar-refractivity contribution is -0.0123. The molecule has 1 saturated heterocycles. The van der Waals surface area contributed by atoms with Crippen LogP contribution in [0.2, 0.25) is 0 Å². The molecule has 0 aromatic carbocycles. The van der Waals surface area contributed by atoms with Crippen molar-refractivity contribution in [3.8, 4) is 11.8 Å². The molecule has 1 fully saturated rings. The summed E-state index contributed by atoms with van der Waals surface area (Å²) in [5, 5.41) is 0. The lowest BCUT2D eigenvalue weighted by atomic mass is 10.1. The SMILES string of the molecule is CC(C)C#CC1CCO1. The van der Waals surface area contributed by atoms with Crippen LogP contribution in [0.3, 0.4) is 0 Å². The molecule has 1 unspecified atom stereocenters. The Morgan fingerprint density at radius 1 is 1.56 bits per heavy atom. The van der Waals surface area contributed by atoms with Crippen LogP contribution < -0.4 is 0 Å². The van der Waals surface area contributed by atoms with Gasteiger partial charge in [-0.05, 0) is 0 Å². The highest BCUT2D eigenvalue weighted by molar-refractivity contribution is 5.08. The Hall–Kier alpha value is -0.480. The van der Waals surface area contributed by atoms with Gasteiger partial charge in [-0.3, -0.25) is 0 Å². The van der Waals surface area contributed by atoms with Crippen molar-refractivity contribution in [2.24, 2.45) is 5.92 Å². The van der Waals surface area contributed by atoms with Crippen LogP contribution in [-0.2, 0) is 4.74 Å². The second kappa shape index (κ2) is 2.89. The first-order valence-corrected chi connectivity index (χ1v) is 3.41. The molecule has 1 heteroatoms. The molecule has 50 valence electrons. The second-order valence-electron chi connectivity index (χ2n) is 2.59. The predicted molar refractivity (Wildman–Crippen MR) is 37.0 cm³/mol. The molecule has 0 radical (unpaired) electrons. The third kappa shape index (κ3) is 2.07. The Morgan fingerprint density at radius 2 is 2.22 bits per heavy atom. The van der Waals surface area contributed by atoms with Crippen LogP contribution in [0.15, 0.2) is 0 Å². The van der Waals surface area contributed by atoms with Gasteiger partial charge in [-0.1, -0.05) is 25.7 Å². The van der Waals surface area contributed by atoms with Gasteiger partial charge < -0.3 is 4.74 Å². The summed E-state index contributed by atoms with van der Waals surface area (Å²) < 4.78 is 5.11. The van der Waals surface area contributed by atoms with Gasteiger partial charge in [0, 0.05) is 12.3 Å². The molecule has 0 amide bonds. The average Bonchev–Trinajstić information content (AvgIpc) is 1.60. The van der Waals surface area contributed by atoms with Gasteiger partial charge in [-0.15, -0.1) is 0 Å². The van der Waals surface area contributed by atoms with Gasteiger partial charge >= 0.3 is 0 Å². The van der Waals surface area contributed by atoms with E-state index < -0.39 is 0 Å².